The monoisotopic (exact) mass is 839 g/mol. The predicted octanol–water partition coefficient (Wildman–Crippen LogP) is 6.40. The lowest BCUT2D eigenvalue weighted by Crippen LogP contribution is -2.37. The van der Waals surface area contributed by atoms with Crippen molar-refractivity contribution >= 4 is 50.0 Å². The summed E-state index contributed by atoms with van der Waals surface area (Å²) in [6.45, 7) is 8.16. The fourth-order valence-electron chi connectivity index (χ4n) is 7.02. The summed E-state index contributed by atoms with van der Waals surface area (Å²) in [4.78, 5) is 31.5. The number of aliphatic hydroxyl groups is 1. The summed E-state index contributed by atoms with van der Waals surface area (Å²) in [5.41, 5.74) is -2.77. The van der Waals surface area contributed by atoms with E-state index < -0.39 is 68.6 Å². The highest BCUT2D eigenvalue weighted by atomic mass is 35.5. The van der Waals surface area contributed by atoms with E-state index in [1.54, 1.807) is 19.2 Å². The molecule has 18 heteroatoms. The molecule has 58 heavy (non-hydrogen) atoms. The summed E-state index contributed by atoms with van der Waals surface area (Å²) >= 11 is 6.60. The molecule has 12 nitrogen and oxygen atoms in total. The molecule has 0 saturated heterocycles. The quantitative estimate of drug-likeness (QED) is 0.0597. The minimum absolute atomic E-state index is 0.00538. The molecule has 1 aliphatic rings. The van der Waals surface area contributed by atoms with Gasteiger partial charge in [0.25, 0.3) is 5.92 Å². The van der Waals surface area contributed by atoms with Crippen molar-refractivity contribution in [3.63, 3.8) is 0 Å². The molecule has 3 N–H and O–H groups in total. The number of nitrogens with one attached hydrogen (secondary N) is 2. The van der Waals surface area contributed by atoms with Crippen LogP contribution >= 0.6 is 11.6 Å². The van der Waals surface area contributed by atoms with Gasteiger partial charge >= 0.3 is 0 Å². The highest BCUT2D eigenvalue weighted by molar-refractivity contribution is 7.92. The first-order valence-corrected chi connectivity index (χ1v) is 19.9. The fourth-order valence-corrected chi connectivity index (χ4v) is 7.75. The van der Waals surface area contributed by atoms with Crippen molar-refractivity contribution in [1.82, 2.24) is 29.9 Å². The van der Waals surface area contributed by atoms with Gasteiger partial charge in [-0.05, 0) is 75.4 Å². The third-order valence-electron chi connectivity index (χ3n) is 9.64. The first kappa shape index (κ1) is 42.0. The topological polar surface area (TPSA) is 161 Å². The second kappa shape index (κ2) is 15.0. The highest BCUT2D eigenvalue weighted by Crippen LogP contribution is 2.55. The van der Waals surface area contributed by atoms with E-state index in [-0.39, 0.29) is 57.3 Å². The van der Waals surface area contributed by atoms with Gasteiger partial charge in [0.15, 0.2) is 11.6 Å². The number of anilines is 1. The molecule has 6 rings (SSSR count). The van der Waals surface area contributed by atoms with Crippen LogP contribution in [0, 0.1) is 28.9 Å². The number of fused-ring (bicyclic) bond motifs is 2. The number of benzene rings is 2. The van der Waals surface area contributed by atoms with E-state index in [1.807, 2.05) is 0 Å². The number of aromatic nitrogens is 5. The van der Waals surface area contributed by atoms with Gasteiger partial charge < -0.3 is 10.4 Å². The van der Waals surface area contributed by atoms with Gasteiger partial charge in [-0.1, -0.05) is 29.7 Å². The number of hydrogen-bond acceptors (Lipinski definition) is 8. The molecule has 2 atom stereocenters. The molecule has 0 unspecified atom stereocenters. The standard InChI is InChI=1S/C40H38ClF4N7O5S/c1-8-39(5)19-28-33(21(2)53)48-52(36(28)40(39,44)45)20-31(54)47-30(17-22-15-23(42)18-24(43)16-22)34-26(10-9-25(46-34)13-14-38(3,4)55)27-11-12-29(41)32-35(27)51(6)49-37(32)50-58(7,56)57/h8-12,15-16,18,30,55H,1,17,19-20H2,2-7H3,(H,47,54)(H,49,50)/t30-,39+/m0/s1. The summed E-state index contributed by atoms with van der Waals surface area (Å²) in [6.07, 6.45) is 1.50. The van der Waals surface area contributed by atoms with E-state index in [2.05, 4.69) is 38.7 Å². The van der Waals surface area contributed by atoms with E-state index in [0.717, 1.165) is 29.1 Å². The Bertz CT molecular complexity index is 2690. The number of carbonyl (C=O) groups is 2. The van der Waals surface area contributed by atoms with Crippen molar-refractivity contribution in [2.45, 2.75) is 64.6 Å². The molecule has 2 aromatic carbocycles. The zero-order chi connectivity index (χ0) is 42.7. The Hall–Kier alpha value is -5.57. The Kier molecular flexibility index (Phi) is 10.9. The number of hydrogen-bond donors (Lipinski definition) is 3. The molecular weight excluding hydrogens is 802 g/mol. The third-order valence-corrected chi connectivity index (χ3v) is 10.5. The number of nitrogens with zero attached hydrogens (tertiary/aromatic N) is 5. The number of pyridine rings is 1. The smallest absolute Gasteiger partial charge is 0.298 e. The lowest BCUT2D eigenvalue weighted by Gasteiger charge is -2.28. The Morgan fingerprint density at radius 1 is 1.12 bits per heavy atom. The molecule has 3 heterocycles. The van der Waals surface area contributed by atoms with Crippen molar-refractivity contribution in [2.75, 3.05) is 11.0 Å². The molecule has 5 aromatic rings. The molecule has 0 bridgehead atoms. The van der Waals surface area contributed by atoms with Gasteiger partial charge in [0.05, 0.1) is 39.3 Å². The minimum atomic E-state index is -3.82. The van der Waals surface area contributed by atoms with Crippen molar-refractivity contribution in [3.05, 3.63) is 106 Å². The highest BCUT2D eigenvalue weighted by Gasteiger charge is 2.59. The Morgan fingerprint density at radius 3 is 2.38 bits per heavy atom. The molecule has 1 aliphatic carbocycles. The summed E-state index contributed by atoms with van der Waals surface area (Å²) < 4.78 is 90.4. The number of sulfonamides is 1. The molecule has 0 spiro atoms. The Balaban J connectivity index is 1.55. The fraction of sp³-hybridized carbons (Fsp3) is 0.325. The van der Waals surface area contributed by atoms with Crippen LogP contribution in [-0.4, -0.2) is 61.6 Å². The predicted molar refractivity (Wildman–Crippen MR) is 210 cm³/mol. The number of halogens is 5. The van der Waals surface area contributed by atoms with Crippen LogP contribution in [0.1, 0.15) is 72.4 Å². The van der Waals surface area contributed by atoms with Crippen molar-refractivity contribution in [1.29, 1.82) is 0 Å². The van der Waals surface area contributed by atoms with Gasteiger partial charge in [-0.25, -0.2) is 22.2 Å². The normalized spacial score (nSPS) is 16.7. The summed E-state index contributed by atoms with van der Waals surface area (Å²) in [5, 5.41) is 22.0. The first-order valence-electron chi connectivity index (χ1n) is 17.7. The number of ketones is 1. The van der Waals surface area contributed by atoms with Gasteiger partial charge in [0.2, 0.25) is 15.9 Å². The molecule has 0 radical (unpaired) electrons. The van der Waals surface area contributed by atoms with Crippen LogP contribution in [0.3, 0.4) is 0 Å². The molecule has 0 fully saturated rings. The average Bonchev–Trinajstić information content (AvgIpc) is 3.69. The molecule has 304 valence electrons. The van der Waals surface area contributed by atoms with Gasteiger partial charge in [0.1, 0.15) is 40.9 Å². The number of alkyl halides is 2. The third kappa shape index (κ3) is 8.22. The largest absolute Gasteiger partial charge is 0.378 e. The van der Waals surface area contributed by atoms with Crippen LogP contribution in [0.25, 0.3) is 22.0 Å². The lowest BCUT2D eigenvalue weighted by molar-refractivity contribution is -0.123. The molecule has 3 aromatic heterocycles. The summed E-state index contributed by atoms with van der Waals surface area (Å²) in [5.74, 6) is -1.46. The number of aryl methyl sites for hydroxylation is 1. The molecular formula is C40H38ClF4N7O5S. The maximum atomic E-state index is 16.0. The van der Waals surface area contributed by atoms with Crippen molar-refractivity contribution < 1.29 is 40.7 Å². The number of allylic oxidation sites excluding steroid dienone is 1. The maximum absolute atomic E-state index is 16.0. The molecule has 0 aliphatic heterocycles. The minimum Gasteiger partial charge on any atom is -0.378 e. The zero-order valence-electron chi connectivity index (χ0n) is 32.1. The first-order chi connectivity index (χ1) is 26.9. The second-order valence-corrected chi connectivity index (χ2v) is 17.1. The van der Waals surface area contributed by atoms with Gasteiger partial charge in [0, 0.05) is 36.7 Å². The maximum Gasteiger partial charge on any atom is 0.298 e. The van der Waals surface area contributed by atoms with Crippen LogP contribution < -0.4 is 10.0 Å². The number of Topliss-reactive ketones (excluding diaryl/α,β-unsaturated/α-hetero) is 1. The van der Waals surface area contributed by atoms with E-state index in [1.165, 1.54) is 44.5 Å². The lowest BCUT2D eigenvalue weighted by atomic mass is 9.84. The van der Waals surface area contributed by atoms with Crippen LogP contribution in [-0.2, 0) is 47.2 Å². The van der Waals surface area contributed by atoms with Crippen LogP contribution in [0.5, 0.6) is 0 Å². The summed E-state index contributed by atoms with van der Waals surface area (Å²) in [7, 11) is -2.27. The average molecular weight is 840 g/mol. The number of rotatable bonds is 11. The van der Waals surface area contributed by atoms with Gasteiger partial charge in [-0.15, -0.1) is 6.58 Å². The molecule has 1 amide bonds. The zero-order valence-corrected chi connectivity index (χ0v) is 33.7. The van der Waals surface area contributed by atoms with Gasteiger partial charge in [-0.2, -0.15) is 19.0 Å². The molecule has 0 saturated carbocycles. The van der Waals surface area contributed by atoms with E-state index >= 15 is 8.78 Å². The van der Waals surface area contributed by atoms with Crippen molar-refractivity contribution in [2.24, 2.45) is 12.5 Å². The summed E-state index contributed by atoms with van der Waals surface area (Å²) in [6, 6.07) is 7.74. The second-order valence-electron chi connectivity index (χ2n) is 15.0. The number of carbonyl (C=O) groups excluding carboxylic acids is 2. The van der Waals surface area contributed by atoms with E-state index in [0.29, 0.717) is 22.7 Å². The Morgan fingerprint density at radius 2 is 1.78 bits per heavy atom. The van der Waals surface area contributed by atoms with Crippen LogP contribution in [0.2, 0.25) is 5.02 Å². The number of amides is 1. The SMILES string of the molecule is C=C[C@]1(C)Cc2c(C(C)=O)nn(CC(=O)N[C@@H](Cc3cc(F)cc(F)c3)c3nc(C#CC(C)(C)O)ccc3-c3ccc(Cl)c4c(NS(C)(=O)=O)nn(C)c34)c2C1(F)F. The van der Waals surface area contributed by atoms with E-state index in [9.17, 15) is 31.9 Å². The Labute approximate surface area is 336 Å². The van der Waals surface area contributed by atoms with Crippen molar-refractivity contribution in [3.8, 4) is 23.0 Å². The van der Waals surface area contributed by atoms with E-state index in [4.69, 9.17) is 16.6 Å². The van der Waals surface area contributed by atoms with Gasteiger partial charge in [-0.3, -0.25) is 23.7 Å². The van der Waals surface area contributed by atoms with Crippen LogP contribution in [0.4, 0.5) is 23.4 Å². The van der Waals surface area contributed by atoms with Crippen LogP contribution in [0.15, 0.2) is 55.1 Å².